The maximum Gasteiger partial charge on any atom is 0.357 e. The molecule has 5 N–H and O–H groups in total. The van der Waals surface area contributed by atoms with Crippen molar-refractivity contribution in [1.82, 2.24) is 9.97 Å². The number of nitrogens with one attached hydrogen (secondary N) is 3. The number of hydrogen-bond donors (Lipinski definition) is 4. The molecule has 0 saturated heterocycles. The molecular weight excluding hydrogens is 340 g/mol. The van der Waals surface area contributed by atoms with Crippen molar-refractivity contribution < 1.29 is 14.3 Å². The molecule has 0 unspecified atom stereocenters. The summed E-state index contributed by atoms with van der Waals surface area (Å²) in [6.07, 6.45) is 0. The van der Waals surface area contributed by atoms with Crippen LogP contribution in [-0.2, 0) is 14.9 Å². The second kappa shape index (κ2) is 7.26. The van der Waals surface area contributed by atoms with Crippen molar-refractivity contribution in [3.8, 4) is 0 Å². The van der Waals surface area contributed by atoms with Crippen molar-refractivity contribution in [2.24, 2.45) is 0 Å². The Hall–Kier alpha value is -3.36. The molecule has 138 valence electrons. The van der Waals surface area contributed by atoms with Crippen LogP contribution in [-0.4, -0.2) is 28.5 Å². The molecule has 1 aromatic carbocycles. The number of hydrogen-bond acceptors (Lipinski definition) is 6. The minimum atomic E-state index is -1.08. The third-order valence-electron chi connectivity index (χ3n) is 3.53. The van der Waals surface area contributed by atoms with Gasteiger partial charge in [-0.05, 0) is 17.0 Å². The van der Waals surface area contributed by atoms with Gasteiger partial charge in [0.15, 0.2) is 12.3 Å². The summed E-state index contributed by atoms with van der Waals surface area (Å²) in [6.45, 7) is 5.41. The molecule has 0 bridgehead atoms. The van der Waals surface area contributed by atoms with E-state index in [2.05, 4.69) is 10.3 Å². The monoisotopic (exact) mass is 360 g/mol. The number of H-pyrrole nitrogens is 2. The molecule has 0 atom stereocenters. The third-order valence-corrected chi connectivity index (χ3v) is 3.53. The van der Waals surface area contributed by atoms with Crippen molar-refractivity contribution in [3.05, 3.63) is 56.4 Å². The molecular formula is C17H20N4O5. The van der Waals surface area contributed by atoms with Crippen LogP contribution in [0.1, 0.15) is 36.8 Å². The zero-order chi connectivity index (χ0) is 19.5. The number of rotatable bonds is 4. The van der Waals surface area contributed by atoms with Gasteiger partial charge in [-0.15, -0.1) is 0 Å². The normalized spacial score (nSPS) is 11.0. The topological polar surface area (TPSA) is 147 Å². The number of aromatic nitrogens is 2. The van der Waals surface area contributed by atoms with Crippen molar-refractivity contribution in [1.29, 1.82) is 0 Å². The summed E-state index contributed by atoms with van der Waals surface area (Å²) in [6, 6.07) is 7.27. The molecule has 0 aliphatic carbocycles. The second-order valence-electron chi connectivity index (χ2n) is 6.62. The van der Waals surface area contributed by atoms with Crippen LogP contribution in [0.25, 0.3) is 0 Å². The molecule has 9 nitrogen and oxygen atoms in total. The van der Waals surface area contributed by atoms with Crippen molar-refractivity contribution in [3.63, 3.8) is 0 Å². The molecule has 1 amide bonds. The van der Waals surface area contributed by atoms with Gasteiger partial charge in [0.1, 0.15) is 5.69 Å². The lowest BCUT2D eigenvalue weighted by molar-refractivity contribution is -0.119. The predicted molar refractivity (Wildman–Crippen MR) is 96.2 cm³/mol. The standard InChI is InChI=1S/C17H20N4O5/c1-17(2,3)9-6-4-5-7-10(9)19-11(22)8-26-15(24)13-12(18)14(23)21-16(25)20-13/h4-7H,8,18H2,1-3H3,(H,19,22)(H2,20,21,23,25). The van der Waals surface area contributed by atoms with Gasteiger partial charge in [0, 0.05) is 5.69 Å². The molecule has 9 heteroatoms. The van der Waals surface area contributed by atoms with Gasteiger partial charge in [0.05, 0.1) is 0 Å². The highest BCUT2D eigenvalue weighted by molar-refractivity contribution is 5.97. The van der Waals surface area contributed by atoms with E-state index in [1.165, 1.54) is 0 Å². The quantitative estimate of drug-likeness (QED) is 0.591. The predicted octanol–water partition coefficient (Wildman–Crippen LogP) is 0.738. The number of esters is 1. The van der Waals surface area contributed by atoms with Gasteiger partial charge in [-0.3, -0.25) is 19.6 Å². The Kier molecular flexibility index (Phi) is 5.30. The first kappa shape index (κ1) is 19.0. The molecule has 2 aromatic rings. The first-order chi connectivity index (χ1) is 12.1. The van der Waals surface area contributed by atoms with Gasteiger partial charge in [-0.2, -0.15) is 0 Å². The number of ether oxygens (including phenoxy) is 1. The van der Waals surface area contributed by atoms with Crippen LogP contribution in [0.15, 0.2) is 33.9 Å². The first-order valence-electron chi connectivity index (χ1n) is 7.78. The summed E-state index contributed by atoms with van der Waals surface area (Å²) >= 11 is 0. The molecule has 0 fully saturated rings. The van der Waals surface area contributed by atoms with Crippen LogP contribution in [0, 0.1) is 0 Å². The molecule has 0 saturated carbocycles. The lowest BCUT2D eigenvalue weighted by Crippen LogP contribution is -2.30. The number of carbonyl (C=O) groups excluding carboxylic acids is 2. The number of aromatic amines is 2. The zero-order valence-corrected chi connectivity index (χ0v) is 14.6. The van der Waals surface area contributed by atoms with Gasteiger partial charge in [0.2, 0.25) is 0 Å². The lowest BCUT2D eigenvalue weighted by atomic mass is 9.86. The number of nitrogen functional groups attached to an aromatic ring is 1. The average molecular weight is 360 g/mol. The van der Waals surface area contributed by atoms with Crippen LogP contribution < -0.4 is 22.3 Å². The van der Waals surface area contributed by atoms with E-state index in [1.54, 1.807) is 12.1 Å². The molecule has 1 heterocycles. The van der Waals surface area contributed by atoms with Gasteiger partial charge in [0.25, 0.3) is 11.5 Å². The number of amides is 1. The Bertz CT molecular complexity index is 953. The van der Waals surface area contributed by atoms with Crippen LogP contribution in [0.2, 0.25) is 0 Å². The second-order valence-corrected chi connectivity index (χ2v) is 6.62. The Morgan fingerprint density at radius 2 is 1.81 bits per heavy atom. The van der Waals surface area contributed by atoms with Gasteiger partial charge in [-0.25, -0.2) is 9.59 Å². The van der Waals surface area contributed by atoms with E-state index >= 15 is 0 Å². The number of para-hydroxylation sites is 1. The first-order valence-corrected chi connectivity index (χ1v) is 7.78. The van der Waals surface area contributed by atoms with Crippen molar-refractivity contribution in [2.75, 3.05) is 17.7 Å². The number of anilines is 2. The van der Waals surface area contributed by atoms with Crippen molar-refractivity contribution >= 4 is 23.3 Å². The largest absolute Gasteiger partial charge is 0.451 e. The van der Waals surface area contributed by atoms with Crippen LogP contribution in [0.5, 0.6) is 0 Å². The van der Waals surface area contributed by atoms with E-state index in [0.717, 1.165) is 5.56 Å². The van der Waals surface area contributed by atoms with Gasteiger partial charge >= 0.3 is 11.7 Å². The summed E-state index contributed by atoms with van der Waals surface area (Å²) < 4.78 is 4.82. The Balaban J connectivity index is 2.08. The maximum atomic E-state index is 12.1. The summed E-state index contributed by atoms with van der Waals surface area (Å²) in [5.74, 6) is -1.65. The van der Waals surface area contributed by atoms with Crippen molar-refractivity contribution in [2.45, 2.75) is 26.2 Å². The smallest absolute Gasteiger partial charge is 0.357 e. The fourth-order valence-corrected chi connectivity index (χ4v) is 2.29. The molecule has 1 aromatic heterocycles. The molecule has 0 spiro atoms. The Labute approximate surface area is 148 Å². The fraction of sp³-hybridized carbons (Fsp3) is 0.294. The van der Waals surface area contributed by atoms with E-state index in [4.69, 9.17) is 10.5 Å². The minimum Gasteiger partial charge on any atom is -0.451 e. The van der Waals surface area contributed by atoms with Crippen LogP contribution in [0.4, 0.5) is 11.4 Å². The third kappa shape index (κ3) is 4.38. The maximum absolute atomic E-state index is 12.1. The molecule has 0 aliphatic rings. The fourth-order valence-electron chi connectivity index (χ4n) is 2.29. The average Bonchev–Trinajstić information content (AvgIpc) is 2.55. The highest BCUT2D eigenvalue weighted by atomic mass is 16.5. The Morgan fingerprint density at radius 3 is 2.46 bits per heavy atom. The molecule has 0 aliphatic heterocycles. The van der Waals surface area contributed by atoms with E-state index in [1.807, 2.05) is 37.9 Å². The molecule has 26 heavy (non-hydrogen) atoms. The lowest BCUT2D eigenvalue weighted by Gasteiger charge is -2.22. The van der Waals surface area contributed by atoms with E-state index in [9.17, 15) is 19.2 Å². The number of carbonyl (C=O) groups is 2. The van der Waals surface area contributed by atoms with E-state index in [0.29, 0.717) is 5.69 Å². The SMILES string of the molecule is CC(C)(C)c1ccccc1NC(=O)COC(=O)c1[nH]c(=O)[nH]c(=O)c1N. The van der Waals surface area contributed by atoms with Gasteiger partial charge in [-0.1, -0.05) is 39.0 Å². The van der Waals surface area contributed by atoms with Crippen LogP contribution >= 0.6 is 0 Å². The summed E-state index contributed by atoms with van der Waals surface area (Å²) in [7, 11) is 0. The highest BCUT2D eigenvalue weighted by Gasteiger charge is 2.20. The van der Waals surface area contributed by atoms with E-state index in [-0.39, 0.29) is 5.41 Å². The summed E-state index contributed by atoms with van der Waals surface area (Å²) in [5, 5.41) is 2.67. The number of benzene rings is 1. The Morgan fingerprint density at radius 1 is 1.15 bits per heavy atom. The van der Waals surface area contributed by atoms with Crippen LogP contribution in [0.3, 0.4) is 0 Å². The number of nitrogens with two attached hydrogens (primary N) is 1. The highest BCUT2D eigenvalue weighted by Crippen LogP contribution is 2.29. The molecule has 2 rings (SSSR count). The summed E-state index contributed by atoms with van der Waals surface area (Å²) in [4.78, 5) is 50.6. The van der Waals surface area contributed by atoms with Gasteiger partial charge < -0.3 is 15.8 Å². The van der Waals surface area contributed by atoms with E-state index < -0.39 is 41.1 Å². The minimum absolute atomic E-state index is 0.195. The summed E-state index contributed by atoms with van der Waals surface area (Å²) in [5.41, 5.74) is 3.95. The zero-order valence-electron chi connectivity index (χ0n) is 14.6. The molecule has 0 radical (unpaired) electrons.